The number of para-hydroxylation sites is 3. The van der Waals surface area contributed by atoms with Gasteiger partial charge in [-0.2, -0.15) is 13.2 Å². The molecule has 0 unspecified atom stereocenters. The summed E-state index contributed by atoms with van der Waals surface area (Å²) >= 11 is 0. The fourth-order valence-electron chi connectivity index (χ4n) is 7.53. The van der Waals surface area contributed by atoms with Crippen molar-refractivity contribution in [2.75, 3.05) is 0 Å². The van der Waals surface area contributed by atoms with E-state index in [9.17, 15) is 13.2 Å². The Morgan fingerprint density at radius 3 is 1.83 bits per heavy atom. The molecule has 0 amide bonds. The first-order chi connectivity index (χ1) is 25.3. The van der Waals surface area contributed by atoms with Crippen molar-refractivity contribution in [2.45, 2.75) is 13.1 Å². The Morgan fingerprint density at radius 2 is 1.13 bits per heavy atom. The number of alkyl halides is 3. The number of hydrogen-bond donors (Lipinski definition) is 0. The highest BCUT2D eigenvalue weighted by Gasteiger charge is 2.31. The van der Waals surface area contributed by atoms with Gasteiger partial charge in [0.1, 0.15) is 0 Å². The van der Waals surface area contributed by atoms with Crippen molar-refractivity contribution in [1.82, 2.24) is 13.7 Å². The maximum absolute atomic E-state index is 14.1. The highest BCUT2D eigenvalue weighted by atomic mass is 19.4. The van der Waals surface area contributed by atoms with Crippen LogP contribution in [0.4, 0.5) is 13.2 Å². The Morgan fingerprint density at radius 1 is 0.577 bits per heavy atom. The Balaban J connectivity index is 1.23. The summed E-state index contributed by atoms with van der Waals surface area (Å²) < 4.78 is 48.6. The molecule has 0 aliphatic carbocycles. The van der Waals surface area contributed by atoms with Gasteiger partial charge in [0.15, 0.2) is 0 Å². The molecule has 0 saturated carbocycles. The van der Waals surface area contributed by atoms with Gasteiger partial charge in [-0.1, -0.05) is 73.3 Å². The monoisotopic (exact) mass is 683 g/mol. The highest BCUT2D eigenvalue weighted by Crippen LogP contribution is 2.40. The molecule has 0 atom stereocenters. The third kappa shape index (κ3) is 5.14. The second kappa shape index (κ2) is 12.1. The number of rotatable bonds is 5. The van der Waals surface area contributed by atoms with Crippen LogP contribution in [0.2, 0.25) is 0 Å². The summed E-state index contributed by atoms with van der Waals surface area (Å²) in [6.45, 7) is 6.22. The van der Waals surface area contributed by atoms with E-state index in [1.54, 1.807) is 6.07 Å². The third-order valence-electron chi connectivity index (χ3n) is 10.00. The predicted molar refractivity (Wildman–Crippen MR) is 209 cm³/mol. The van der Waals surface area contributed by atoms with Gasteiger partial charge in [0.2, 0.25) is 0 Å². The summed E-state index contributed by atoms with van der Waals surface area (Å²) in [5.74, 6) is 0. The van der Waals surface area contributed by atoms with Crippen LogP contribution in [0.5, 0.6) is 0 Å². The Hall–Kier alpha value is -6.53. The number of fused-ring (bicyclic) bond motifs is 6. The molecule has 6 heteroatoms. The van der Waals surface area contributed by atoms with E-state index in [0.717, 1.165) is 71.5 Å². The standard InChI is InChI=1S/C46H32F3N3/c1-30-25-26-50(35-11-5-3-6-12-35)41(30)21-17-31(2)51-43-22-18-33(28-39(43)40-29-34(46(47,48)49)20-24-44(40)51)32-19-23-45-38(27-32)37-15-9-10-16-42(37)52(45)36-13-7-4-8-14-36/h3-29H,1H2,2H3/b31-17+,41-21+. The summed E-state index contributed by atoms with van der Waals surface area (Å²) in [5, 5.41) is 5.35. The quantitative estimate of drug-likeness (QED) is 0.172. The fourth-order valence-corrected chi connectivity index (χ4v) is 7.53. The van der Waals surface area contributed by atoms with Gasteiger partial charge in [0, 0.05) is 44.8 Å². The molecule has 0 N–H and O–H groups in total. The molecule has 9 aromatic rings. The highest BCUT2D eigenvalue weighted by molar-refractivity contribution is 6.13. The molecule has 9 rings (SSSR count). The SMILES string of the molecule is C=c1ccn(-c2ccccc2)/c1=C/C=C(\C)n1c2ccc(-c3ccc4c(c3)c3ccccc3n4-c3ccccc3)cc2c2cc(C(F)(F)F)ccc21. The lowest BCUT2D eigenvalue weighted by Crippen LogP contribution is -2.26. The molecule has 0 spiro atoms. The van der Waals surface area contributed by atoms with Gasteiger partial charge in [0.25, 0.3) is 0 Å². The third-order valence-corrected chi connectivity index (χ3v) is 10.00. The van der Waals surface area contributed by atoms with E-state index >= 15 is 0 Å². The van der Waals surface area contributed by atoms with Crippen LogP contribution in [0.15, 0.2) is 158 Å². The van der Waals surface area contributed by atoms with Crippen LogP contribution in [-0.4, -0.2) is 13.7 Å². The zero-order chi connectivity index (χ0) is 35.6. The van der Waals surface area contributed by atoms with E-state index in [2.05, 4.69) is 64.2 Å². The molecule has 6 aromatic carbocycles. The van der Waals surface area contributed by atoms with Crippen molar-refractivity contribution in [3.8, 4) is 22.5 Å². The molecule has 252 valence electrons. The lowest BCUT2D eigenvalue weighted by molar-refractivity contribution is -0.137. The maximum atomic E-state index is 14.1. The van der Waals surface area contributed by atoms with E-state index in [1.807, 2.05) is 109 Å². The van der Waals surface area contributed by atoms with Crippen molar-refractivity contribution in [2.24, 2.45) is 0 Å². The Kier molecular flexibility index (Phi) is 7.29. The number of hydrogen-bond acceptors (Lipinski definition) is 0. The predicted octanol–water partition coefficient (Wildman–Crippen LogP) is 11.1. The summed E-state index contributed by atoms with van der Waals surface area (Å²) in [5.41, 5.74) is 7.94. The largest absolute Gasteiger partial charge is 0.416 e. The van der Waals surface area contributed by atoms with E-state index in [1.165, 1.54) is 12.1 Å². The Bertz CT molecular complexity index is 2960. The molecule has 0 fully saturated rings. The van der Waals surface area contributed by atoms with Gasteiger partial charge >= 0.3 is 6.18 Å². The van der Waals surface area contributed by atoms with Crippen molar-refractivity contribution in [3.63, 3.8) is 0 Å². The molecule has 3 aromatic heterocycles. The van der Waals surface area contributed by atoms with Gasteiger partial charge in [0.05, 0.1) is 33.0 Å². The summed E-state index contributed by atoms with van der Waals surface area (Å²) in [7, 11) is 0. The molecule has 3 heterocycles. The van der Waals surface area contributed by atoms with Crippen LogP contribution >= 0.6 is 0 Å². The molecule has 0 bridgehead atoms. The molecule has 0 aliphatic heterocycles. The second-order valence-corrected chi connectivity index (χ2v) is 13.1. The number of halogens is 3. The molecule has 0 saturated heterocycles. The van der Waals surface area contributed by atoms with E-state index < -0.39 is 11.7 Å². The van der Waals surface area contributed by atoms with Gasteiger partial charge in [-0.25, -0.2) is 0 Å². The first-order valence-electron chi connectivity index (χ1n) is 17.1. The van der Waals surface area contributed by atoms with Crippen LogP contribution < -0.4 is 10.6 Å². The van der Waals surface area contributed by atoms with Crippen molar-refractivity contribution >= 4 is 62.0 Å². The fraction of sp³-hybridized carbons (Fsp3) is 0.0435. The van der Waals surface area contributed by atoms with E-state index in [4.69, 9.17) is 0 Å². The van der Waals surface area contributed by atoms with Crippen LogP contribution in [0.1, 0.15) is 12.5 Å². The number of allylic oxidation sites excluding steroid dienone is 2. The average molecular weight is 684 g/mol. The van der Waals surface area contributed by atoms with E-state index in [0.29, 0.717) is 10.9 Å². The molecular weight excluding hydrogens is 652 g/mol. The van der Waals surface area contributed by atoms with Crippen LogP contribution in [0.3, 0.4) is 0 Å². The van der Waals surface area contributed by atoms with Gasteiger partial charge in [-0.05, 0) is 114 Å². The average Bonchev–Trinajstić information content (AvgIpc) is 3.82. The minimum atomic E-state index is -4.47. The van der Waals surface area contributed by atoms with Gasteiger partial charge in [-0.15, -0.1) is 0 Å². The minimum Gasteiger partial charge on any atom is -0.317 e. The molecule has 0 aliphatic rings. The first kappa shape index (κ1) is 31.5. The molecule has 52 heavy (non-hydrogen) atoms. The van der Waals surface area contributed by atoms with Crippen molar-refractivity contribution in [3.05, 3.63) is 174 Å². The molecule has 0 radical (unpaired) electrons. The van der Waals surface area contributed by atoms with Crippen LogP contribution in [0.25, 0.3) is 84.5 Å². The first-order valence-corrected chi connectivity index (χ1v) is 17.1. The molecular formula is C46H32F3N3. The van der Waals surface area contributed by atoms with Gasteiger partial charge in [-0.3, -0.25) is 0 Å². The second-order valence-electron chi connectivity index (χ2n) is 13.1. The number of nitrogens with zero attached hydrogens (tertiary/aromatic N) is 3. The lowest BCUT2D eigenvalue weighted by atomic mass is 10.00. The van der Waals surface area contributed by atoms with Gasteiger partial charge < -0.3 is 13.7 Å². The zero-order valence-electron chi connectivity index (χ0n) is 28.3. The summed E-state index contributed by atoms with van der Waals surface area (Å²) in [4.78, 5) is 0. The minimum absolute atomic E-state index is 0.548. The summed E-state index contributed by atoms with van der Waals surface area (Å²) in [6, 6.07) is 47.2. The van der Waals surface area contributed by atoms with Crippen LogP contribution in [-0.2, 0) is 6.18 Å². The number of aromatic nitrogens is 3. The zero-order valence-corrected chi connectivity index (χ0v) is 28.3. The topological polar surface area (TPSA) is 14.8 Å². The smallest absolute Gasteiger partial charge is 0.317 e. The van der Waals surface area contributed by atoms with Crippen molar-refractivity contribution in [1.29, 1.82) is 0 Å². The van der Waals surface area contributed by atoms with Crippen molar-refractivity contribution < 1.29 is 13.2 Å². The summed E-state index contributed by atoms with van der Waals surface area (Å²) in [6.07, 6.45) is 1.54. The number of benzene rings is 6. The molecule has 3 nitrogen and oxygen atoms in total. The van der Waals surface area contributed by atoms with E-state index in [-0.39, 0.29) is 0 Å². The normalized spacial score (nSPS) is 12.9. The Labute approximate surface area is 297 Å². The lowest BCUT2D eigenvalue weighted by Gasteiger charge is -2.10. The van der Waals surface area contributed by atoms with Crippen LogP contribution in [0, 0.1) is 0 Å². The maximum Gasteiger partial charge on any atom is 0.416 e.